The summed E-state index contributed by atoms with van der Waals surface area (Å²) >= 11 is 0. The molecule has 1 aliphatic rings. The molecule has 0 aliphatic heterocycles. The quantitative estimate of drug-likeness (QED) is 0.485. The Morgan fingerprint density at radius 2 is 1.95 bits per heavy atom. The van der Waals surface area contributed by atoms with E-state index in [2.05, 4.69) is 15.5 Å². The van der Waals surface area contributed by atoms with Gasteiger partial charge in [-0.3, -0.25) is 9.89 Å². The van der Waals surface area contributed by atoms with Gasteiger partial charge in [0.05, 0.1) is 11.1 Å². The molecule has 98 valence electrons. The number of nitrogens with zero attached hydrogens (tertiary/aromatic N) is 1. The van der Waals surface area contributed by atoms with Gasteiger partial charge >= 0.3 is 0 Å². The number of aromatic amines is 1. The lowest BCUT2D eigenvalue weighted by Gasteiger charge is -2.18. The number of carbonyl (C=O) groups excluding carboxylic acids is 1. The lowest BCUT2D eigenvalue weighted by molar-refractivity contribution is 0.104. The Balaban J connectivity index is 2.12. The summed E-state index contributed by atoms with van der Waals surface area (Å²) < 4.78 is 0. The van der Waals surface area contributed by atoms with Crippen LogP contribution in [0.3, 0.4) is 0 Å². The van der Waals surface area contributed by atoms with Crippen molar-refractivity contribution in [2.75, 3.05) is 12.0 Å². The Morgan fingerprint density at radius 1 is 1.15 bits per heavy atom. The summed E-state index contributed by atoms with van der Waals surface area (Å²) in [6, 6.07) is 11.1. The average molecular weight is 265 g/mol. The maximum Gasteiger partial charge on any atom is 0.196 e. The van der Waals surface area contributed by atoms with Crippen LogP contribution in [0.25, 0.3) is 22.2 Å². The number of carbonyl (C=O) groups is 1. The van der Waals surface area contributed by atoms with Crippen molar-refractivity contribution in [2.45, 2.75) is 0 Å². The number of hydrogen-bond donors (Lipinski definition) is 3. The summed E-state index contributed by atoms with van der Waals surface area (Å²) in [7, 11) is 0. The molecule has 1 aliphatic carbocycles. The Bertz CT molecular complexity index is 851. The maximum atomic E-state index is 12.7. The van der Waals surface area contributed by atoms with Crippen LogP contribution < -0.4 is 5.32 Å². The average Bonchev–Trinajstić information content (AvgIpc) is 2.90. The number of aromatic nitrogens is 2. The normalized spacial score (nSPS) is 12.6. The van der Waals surface area contributed by atoms with Crippen LogP contribution in [0.1, 0.15) is 15.9 Å². The van der Waals surface area contributed by atoms with Crippen LogP contribution in [-0.2, 0) is 0 Å². The van der Waals surface area contributed by atoms with E-state index < -0.39 is 0 Å². The highest BCUT2D eigenvalue weighted by molar-refractivity contribution is 6.27. The van der Waals surface area contributed by atoms with Crippen molar-refractivity contribution in [1.29, 1.82) is 0 Å². The van der Waals surface area contributed by atoms with E-state index in [0.717, 1.165) is 22.2 Å². The Labute approximate surface area is 114 Å². The van der Waals surface area contributed by atoms with Gasteiger partial charge in [-0.05, 0) is 12.1 Å². The third-order valence-electron chi connectivity index (χ3n) is 3.65. The second kappa shape index (κ2) is 3.91. The van der Waals surface area contributed by atoms with E-state index in [4.69, 9.17) is 5.11 Å². The zero-order valence-electron chi connectivity index (χ0n) is 10.5. The molecule has 0 spiro atoms. The summed E-state index contributed by atoms with van der Waals surface area (Å²) in [5.41, 5.74) is 4.27. The van der Waals surface area contributed by atoms with Gasteiger partial charge in [0.15, 0.2) is 5.78 Å². The minimum atomic E-state index is -0.221. The summed E-state index contributed by atoms with van der Waals surface area (Å²) in [6.07, 6.45) is 0. The van der Waals surface area contributed by atoms with E-state index in [1.165, 1.54) is 0 Å². The molecule has 0 bridgehead atoms. The summed E-state index contributed by atoms with van der Waals surface area (Å²) in [4.78, 5) is 12.7. The second-order valence-corrected chi connectivity index (χ2v) is 4.69. The van der Waals surface area contributed by atoms with Crippen molar-refractivity contribution in [3.8, 4) is 11.3 Å². The molecule has 1 heterocycles. The van der Waals surface area contributed by atoms with E-state index in [1.54, 1.807) is 6.07 Å². The fourth-order valence-corrected chi connectivity index (χ4v) is 2.82. The van der Waals surface area contributed by atoms with Crippen LogP contribution >= 0.6 is 0 Å². The molecule has 3 aromatic rings. The first-order valence-electron chi connectivity index (χ1n) is 6.31. The minimum Gasteiger partial charge on any atom is -0.377 e. The first kappa shape index (κ1) is 11.2. The van der Waals surface area contributed by atoms with Gasteiger partial charge < -0.3 is 10.4 Å². The van der Waals surface area contributed by atoms with Crippen LogP contribution in [0, 0.1) is 0 Å². The molecule has 0 fully saturated rings. The number of hydrogen-bond acceptors (Lipinski definition) is 4. The van der Waals surface area contributed by atoms with Gasteiger partial charge in [0.2, 0.25) is 0 Å². The van der Waals surface area contributed by atoms with Crippen molar-refractivity contribution in [3.63, 3.8) is 0 Å². The van der Waals surface area contributed by atoms with E-state index >= 15 is 0 Å². The third kappa shape index (κ3) is 1.30. The van der Waals surface area contributed by atoms with Gasteiger partial charge in [-0.25, -0.2) is 0 Å². The van der Waals surface area contributed by atoms with E-state index in [-0.39, 0.29) is 12.5 Å². The number of benzene rings is 2. The van der Waals surface area contributed by atoms with Crippen LogP contribution in [0.15, 0.2) is 36.4 Å². The topological polar surface area (TPSA) is 78.0 Å². The molecule has 4 rings (SSSR count). The minimum absolute atomic E-state index is 0.0453. The third-order valence-corrected chi connectivity index (χ3v) is 3.65. The highest BCUT2D eigenvalue weighted by atomic mass is 16.3. The molecule has 1 aromatic heterocycles. The van der Waals surface area contributed by atoms with Crippen molar-refractivity contribution in [1.82, 2.24) is 10.2 Å². The number of nitrogens with one attached hydrogen (secondary N) is 2. The van der Waals surface area contributed by atoms with Crippen LogP contribution in [0.5, 0.6) is 0 Å². The van der Waals surface area contributed by atoms with E-state index in [0.29, 0.717) is 16.8 Å². The van der Waals surface area contributed by atoms with Crippen molar-refractivity contribution >= 4 is 22.4 Å². The summed E-state index contributed by atoms with van der Waals surface area (Å²) in [5, 5.41) is 20.1. The molecule has 0 saturated heterocycles. The molecule has 5 nitrogen and oxygen atoms in total. The van der Waals surface area contributed by atoms with Gasteiger partial charge in [0.1, 0.15) is 12.4 Å². The predicted octanol–water partition coefficient (Wildman–Crippen LogP) is 2.14. The van der Waals surface area contributed by atoms with Gasteiger partial charge in [0.25, 0.3) is 0 Å². The molecule has 0 unspecified atom stereocenters. The highest BCUT2D eigenvalue weighted by Crippen LogP contribution is 2.40. The first-order valence-corrected chi connectivity index (χ1v) is 6.31. The zero-order chi connectivity index (χ0) is 13.7. The first-order chi connectivity index (χ1) is 9.81. The van der Waals surface area contributed by atoms with Crippen LogP contribution in [0.4, 0.5) is 5.69 Å². The second-order valence-electron chi connectivity index (χ2n) is 4.69. The van der Waals surface area contributed by atoms with Crippen molar-refractivity contribution in [2.24, 2.45) is 0 Å². The Hall–Kier alpha value is -2.66. The number of ketones is 1. The maximum absolute atomic E-state index is 12.7. The summed E-state index contributed by atoms with van der Waals surface area (Å²) in [6.45, 7) is -0.221. The fourth-order valence-electron chi connectivity index (χ4n) is 2.82. The van der Waals surface area contributed by atoms with Gasteiger partial charge in [-0.2, -0.15) is 5.10 Å². The van der Waals surface area contributed by atoms with Crippen molar-refractivity contribution < 1.29 is 9.90 Å². The molecule has 3 N–H and O–H groups in total. The smallest absolute Gasteiger partial charge is 0.196 e. The van der Waals surface area contributed by atoms with E-state index in [9.17, 15) is 4.79 Å². The van der Waals surface area contributed by atoms with Gasteiger partial charge in [0, 0.05) is 22.2 Å². The van der Waals surface area contributed by atoms with Crippen LogP contribution in [0.2, 0.25) is 0 Å². The van der Waals surface area contributed by atoms with Gasteiger partial charge in [-0.15, -0.1) is 0 Å². The molecule has 0 radical (unpaired) electrons. The number of fused-ring (bicyclic) bond motifs is 2. The Morgan fingerprint density at radius 3 is 2.80 bits per heavy atom. The van der Waals surface area contributed by atoms with E-state index in [1.807, 2.05) is 30.3 Å². The zero-order valence-corrected chi connectivity index (χ0v) is 10.5. The van der Waals surface area contributed by atoms with Crippen LogP contribution in [-0.4, -0.2) is 27.8 Å². The molecule has 0 atom stereocenters. The molecular weight excluding hydrogens is 254 g/mol. The standard InChI is InChI=1S/C15H11N3O2/c19-7-16-10-5-1-3-8-13(10)15(20)9-4-2-6-11-12(9)14(8)18-17-11/h1-6,16,19H,7H2,(H,17,18). The highest BCUT2D eigenvalue weighted by Gasteiger charge is 2.29. The molecule has 2 aromatic carbocycles. The van der Waals surface area contributed by atoms with Gasteiger partial charge in [-0.1, -0.05) is 24.3 Å². The lowest BCUT2D eigenvalue weighted by Crippen LogP contribution is -2.13. The predicted molar refractivity (Wildman–Crippen MR) is 75.7 cm³/mol. The molecule has 0 saturated carbocycles. The molecule has 0 amide bonds. The monoisotopic (exact) mass is 265 g/mol. The number of rotatable bonds is 2. The molecule has 20 heavy (non-hydrogen) atoms. The van der Waals surface area contributed by atoms with Crippen molar-refractivity contribution in [3.05, 3.63) is 47.5 Å². The fraction of sp³-hybridized carbons (Fsp3) is 0.0667. The number of H-pyrrole nitrogens is 1. The lowest BCUT2D eigenvalue weighted by atomic mass is 9.86. The number of aliphatic hydroxyl groups is 1. The summed E-state index contributed by atoms with van der Waals surface area (Å²) in [5.74, 6) is -0.0453. The molecule has 5 heteroatoms. The molecular formula is C15H11N3O2. The Kier molecular flexibility index (Phi) is 2.19. The number of aliphatic hydroxyl groups excluding tert-OH is 1. The SMILES string of the molecule is O=C1c2c(NCO)cccc2-c2n[nH]c3cccc1c23. The number of anilines is 1. The largest absolute Gasteiger partial charge is 0.377 e.